The van der Waals surface area contributed by atoms with Crippen molar-refractivity contribution in [1.29, 1.82) is 0 Å². The van der Waals surface area contributed by atoms with E-state index in [1.54, 1.807) is 4.90 Å². The number of carbonyl (C=O) groups is 1. The number of nitrogens with zero attached hydrogens (tertiary/aromatic N) is 1. The van der Waals surface area contributed by atoms with Crippen LogP contribution in [0.1, 0.15) is 12.8 Å². The number of rotatable bonds is 6. The summed E-state index contributed by atoms with van der Waals surface area (Å²) in [5, 5.41) is 2.36. The number of hydrogen-bond donors (Lipinski definition) is 1. The fourth-order valence-corrected chi connectivity index (χ4v) is 3.33. The molecule has 2 amide bonds. The highest BCUT2D eigenvalue weighted by Gasteiger charge is 2.32. The molecule has 1 atom stereocenters. The van der Waals surface area contributed by atoms with Gasteiger partial charge in [-0.3, -0.25) is 0 Å². The maximum absolute atomic E-state index is 11.9. The summed E-state index contributed by atoms with van der Waals surface area (Å²) in [6.45, 7) is 1.80. The summed E-state index contributed by atoms with van der Waals surface area (Å²) < 4.78 is 28.5. The van der Waals surface area contributed by atoms with Gasteiger partial charge in [-0.15, -0.1) is 0 Å². The van der Waals surface area contributed by atoms with Crippen LogP contribution in [0.25, 0.3) is 0 Å². The number of sulfone groups is 1. The van der Waals surface area contributed by atoms with Gasteiger partial charge in [0.2, 0.25) is 0 Å². The van der Waals surface area contributed by atoms with Crippen LogP contribution >= 0.6 is 0 Å². The minimum atomic E-state index is -3.07. The van der Waals surface area contributed by atoms with Gasteiger partial charge in [0.15, 0.2) is 9.84 Å². The Morgan fingerprint density at radius 1 is 1.36 bits per heavy atom. The van der Waals surface area contributed by atoms with Crippen LogP contribution in [0.3, 0.4) is 0 Å². The van der Waals surface area contributed by atoms with Crippen molar-refractivity contribution in [3.63, 3.8) is 0 Å². The Morgan fingerprint density at radius 3 is 2.73 bits per heavy atom. The highest BCUT2D eigenvalue weighted by Crippen LogP contribution is 2.16. The second kappa shape index (κ2) is 7.49. The predicted molar refractivity (Wildman–Crippen MR) is 84.8 cm³/mol. The van der Waals surface area contributed by atoms with Gasteiger partial charge in [0.05, 0.1) is 11.9 Å². The van der Waals surface area contributed by atoms with Crippen LogP contribution in [-0.4, -0.2) is 57.1 Å². The monoisotopic (exact) mass is 326 g/mol. The molecule has 0 spiro atoms. The molecular weight excluding hydrogens is 304 g/mol. The molecule has 1 heterocycles. The smallest absolute Gasteiger partial charge is 0.317 e. The quantitative estimate of drug-likeness (QED) is 0.799. The topological polar surface area (TPSA) is 75.7 Å². The summed E-state index contributed by atoms with van der Waals surface area (Å²) in [5.41, 5.74) is 0. The molecule has 122 valence electrons. The van der Waals surface area contributed by atoms with Gasteiger partial charge >= 0.3 is 6.03 Å². The van der Waals surface area contributed by atoms with Gasteiger partial charge in [0, 0.05) is 25.9 Å². The number of hydrogen-bond acceptors (Lipinski definition) is 4. The van der Waals surface area contributed by atoms with E-state index in [1.807, 2.05) is 30.3 Å². The van der Waals surface area contributed by atoms with Crippen LogP contribution in [0, 0.1) is 0 Å². The SMILES string of the molecule is CS(=O)(=O)C1CCN(C(=O)NCCCOc2ccccc2)C1. The van der Waals surface area contributed by atoms with E-state index in [-0.39, 0.29) is 12.6 Å². The summed E-state index contributed by atoms with van der Waals surface area (Å²) in [6, 6.07) is 9.30. The third-order valence-corrected chi connectivity index (χ3v) is 5.24. The lowest BCUT2D eigenvalue weighted by atomic mass is 10.3. The van der Waals surface area contributed by atoms with E-state index in [0.717, 1.165) is 5.75 Å². The maximum Gasteiger partial charge on any atom is 0.317 e. The zero-order valence-corrected chi connectivity index (χ0v) is 13.5. The van der Waals surface area contributed by atoms with Crippen LogP contribution in [0.5, 0.6) is 5.75 Å². The van der Waals surface area contributed by atoms with Crippen LogP contribution in [0.2, 0.25) is 0 Å². The van der Waals surface area contributed by atoms with Crippen molar-refractivity contribution in [2.45, 2.75) is 18.1 Å². The Morgan fingerprint density at radius 2 is 2.09 bits per heavy atom. The van der Waals surface area contributed by atoms with Crippen molar-refractivity contribution < 1.29 is 17.9 Å². The first-order valence-electron chi connectivity index (χ1n) is 7.36. The Labute approximate surface area is 131 Å². The van der Waals surface area contributed by atoms with Gasteiger partial charge < -0.3 is 15.0 Å². The second-order valence-corrected chi connectivity index (χ2v) is 7.76. The second-order valence-electron chi connectivity index (χ2n) is 5.43. The highest BCUT2D eigenvalue weighted by molar-refractivity contribution is 7.91. The first kappa shape index (κ1) is 16.6. The normalized spacial score (nSPS) is 18.2. The van der Waals surface area contributed by atoms with Gasteiger partial charge in [-0.05, 0) is 25.0 Å². The number of nitrogens with one attached hydrogen (secondary N) is 1. The van der Waals surface area contributed by atoms with Crippen LogP contribution < -0.4 is 10.1 Å². The number of likely N-dealkylation sites (tertiary alicyclic amines) is 1. The number of benzene rings is 1. The first-order chi connectivity index (χ1) is 10.5. The maximum atomic E-state index is 11.9. The first-order valence-corrected chi connectivity index (χ1v) is 9.32. The highest BCUT2D eigenvalue weighted by atomic mass is 32.2. The van der Waals surface area contributed by atoms with E-state index >= 15 is 0 Å². The van der Waals surface area contributed by atoms with Crippen molar-refractivity contribution in [3.8, 4) is 5.75 Å². The van der Waals surface area contributed by atoms with E-state index in [0.29, 0.717) is 32.5 Å². The van der Waals surface area contributed by atoms with Crippen molar-refractivity contribution >= 4 is 15.9 Å². The zero-order valence-electron chi connectivity index (χ0n) is 12.7. The van der Waals surface area contributed by atoms with Crippen molar-refractivity contribution in [3.05, 3.63) is 30.3 Å². The lowest BCUT2D eigenvalue weighted by molar-refractivity contribution is 0.207. The summed E-state index contributed by atoms with van der Waals surface area (Å²) in [4.78, 5) is 13.5. The lowest BCUT2D eigenvalue weighted by Gasteiger charge is -2.17. The zero-order chi connectivity index (χ0) is 16.0. The van der Waals surface area contributed by atoms with E-state index in [9.17, 15) is 13.2 Å². The van der Waals surface area contributed by atoms with Crippen molar-refractivity contribution in [2.24, 2.45) is 0 Å². The predicted octanol–water partition coefficient (Wildman–Crippen LogP) is 1.28. The Hall–Kier alpha value is -1.76. The minimum Gasteiger partial charge on any atom is -0.494 e. The molecule has 1 aromatic carbocycles. The number of para-hydroxylation sites is 1. The molecule has 0 radical (unpaired) electrons. The molecule has 1 fully saturated rings. The molecule has 1 aliphatic rings. The fraction of sp³-hybridized carbons (Fsp3) is 0.533. The summed E-state index contributed by atoms with van der Waals surface area (Å²) >= 11 is 0. The molecule has 7 heteroatoms. The molecule has 2 rings (SSSR count). The molecule has 1 unspecified atom stereocenters. The van der Waals surface area contributed by atoms with E-state index in [2.05, 4.69) is 5.32 Å². The average molecular weight is 326 g/mol. The van der Waals surface area contributed by atoms with E-state index < -0.39 is 15.1 Å². The van der Waals surface area contributed by atoms with Crippen molar-refractivity contribution in [2.75, 3.05) is 32.5 Å². The summed E-state index contributed by atoms with van der Waals surface area (Å²) in [5.74, 6) is 0.810. The standard InChI is InChI=1S/C15H22N2O4S/c1-22(19,20)14-8-10-17(12-14)15(18)16-9-5-11-21-13-6-3-2-4-7-13/h2-4,6-7,14H,5,8-12H2,1H3,(H,16,18). The van der Waals surface area contributed by atoms with Gasteiger partial charge in [-0.25, -0.2) is 13.2 Å². The molecule has 1 aromatic rings. The number of ether oxygens (including phenoxy) is 1. The summed E-state index contributed by atoms with van der Waals surface area (Å²) in [7, 11) is -3.07. The molecule has 0 aliphatic carbocycles. The molecule has 22 heavy (non-hydrogen) atoms. The van der Waals surface area contributed by atoms with Gasteiger partial charge in [-0.1, -0.05) is 18.2 Å². The number of urea groups is 1. The molecule has 0 bridgehead atoms. The third-order valence-electron chi connectivity index (χ3n) is 3.65. The van der Waals surface area contributed by atoms with Gasteiger partial charge in [-0.2, -0.15) is 0 Å². The summed E-state index contributed by atoms with van der Waals surface area (Å²) in [6.07, 6.45) is 2.44. The largest absolute Gasteiger partial charge is 0.494 e. The Bertz CT molecular complexity index is 589. The molecule has 1 aliphatic heterocycles. The molecule has 0 saturated carbocycles. The average Bonchev–Trinajstić information content (AvgIpc) is 2.98. The van der Waals surface area contributed by atoms with Gasteiger partial charge in [0.25, 0.3) is 0 Å². The number of amides is 2. The van der Waals surface area contributed by atoms with Gasteiger partial charge in [0.1, 0.15) is 5.75 Å². The molecule has 1 saturated heterocycles. The van der Waals surface area contributed by atoms with E-state index in [1.165, 1.54) is 6.26 Å². The minimum absolute atomic E-state index is 0.203. The van der Waals surface area contributed by atoms with Crippen LogP contribution in [0.4, 0.5) is 4.79 Å². The molecule has 1 N–H and O–H groups in total. The number of carbonyl (C=O) groups excluding carboxylic acids is 1. The Kier molecular flexibility index (Phi) is 5.65. The third kappa shape index (κ3) is 4.91. The van der Waals surface area contributed by atoms with E-state index in [4.69, 9.17) is 4.74 Å². The van der Waals surface area contributed by atoms with Crippen LogP contribution in [0.15, 0.2) is 30.3 Å². The van der Waals surface area contributed by atoms with Crippen LogP contribution in [-0.2, 0) is 9.84 Å². The molecule has 0 aromatic heterocycles. The fourth-order valence-electron chi connectivity index (χ4n) is 2.35. The lowest BCUT2D eigenvalue weighted by Crippen LogP contribution is -2.40. The molecular formula is C15H22N2O4S. The molecule has 6 nitrogen and oxygen atoms in total. The Balaban J connectivity index is 1.62. The van der Waals surface area contributed by atoms with Crippen molar-refractivity contribution in [1.82, 2.24) is 10.2 Å².